The van der Waals surface area contributed by atoms with Gasteiger partial charge in [0.15, 0.2) is 0 Å². The van der Waals surface area contributed by atoms with E-state index >= 15 is 0 Å². The first-order valence-electron chi connectivity index (χ1n) is 5.12. The first-order valence-corrected chi connectivity index (χ1v) is 6.73. The van der Waals surface area contributed by atoms with Crippen molar-refractivity contribution in [3.05, 3.63) is 34.8 Å². The zero-order valence-corrected chi connectivity index (χ0v) is 11.5. The van der Waals surface area contributed by atoms with Crippen molar-refractivity contribution in [3.63, 3.8) is 0 Å². The molecule has 1 aromatic carbocycles. The fourth-order valence-corrected chi connectivity index (χ4v) is 3.33. The Morgan fingerprint density at radius 2 is 2.12 bits per heavy atom. The van der Waals surface area contributed by atoms with Crippen LogP contribution in [0.4, 0.5) is 5.82 Å². The number of thiophene rings is 1. The van der Waals surface area contributed by atoms with Crippen LogP contribution in [0.15, 0.2) is 34.8 Å². The highest BCUT2D eigenvalue weighted by Gasteiger charge is 2.09. The molecule has 0 saturated carbocycles. The summed E-state index contributed by atoms with van der Waals surface area (Å²) in [6.07, 6.45) is 0. The number of rotatable bonds is 1. The third kappa shape index (κ3) is 1.85. The van der Waals surface area contributed by atoms with Crippen LogP contribution in [-0.4, -0.2) is 9.78 Å². The van der Waals surface area contributed by atoms with Crippen LogP contribution in [0.25, 0.3) is 20.7 Å². The molecule has 3 aromatic rings. The maximum atomic E-state index is 5.70. The number of hydrogen-bond donors (Lipinski definition) is 1. The van der Waals surface area contributed by atoms with Gasteiger partial charge in [-0.15, -0.1) is 11.3 Å². The molecule has 2 heterocycles. The summed E-state index contributed by atoms with van der Waals surface area (Å²) in [5.41, 5.74) is 6.76. The Morgan fingerprint density at radius 3 is 2.82 bits per heavy atom. The highest BCUT2D eigenvalue weighted by Crippen LogP contribution is 2.35. The van der Waals surface area contributed by atoms with Gasteiger partial charge in [-0.2, -0.15) is 5.10 Å². The van der Waals surface area contributed by atoms with E-state index in [1.165, 1.54) is 15.0 Å². The van der Waals surface area contributed by atoms with Gasteiger partial charge in [0.2, 0.25) is 0 Å². The molecule has 0 aliphatic carbocycles. The highest BCUT2D eigenvalue weighted by molar-refractivity contribution is 9.10. The normalized spacial score (nSPS) is 11.2. The second kappa shape index (κ2) is 3.85. The lowest BCUT2D eigenvalue weighted by molar-refractivity contribution is 0.782. The predicted molar refractivity (Wildman–Crippen MR) is 76.1 cm³/mol. The summed E-state index contributed by atoms with van der Waals surface area (Å²) < 4.78 is 4.18. The third-order valence-corrected chi connectivity index (χ3v) is 4.26. The van der Waals surface area contributed by atoms with Crippen molar-refractivity contribution in [2.45, 2.75) is 0 Å². The molecule has 0 bridgehead atoms. The number of aromatic nitrogens is 2. The van der Waals surface area contributed by atoms with Gasteiger partial charge in [-0.3, -0.25) is 4.68 Å². The second-order valence-electron chi connectivity index (χ2n) is 3.87. The number of fused-ring (bicyclic) bond motifs is 1. The van der Waals surface area contributed by atoms with Gasteiger partial charge in [0, 0.05) is 22.3 Å². The summed E-state index contributed by atoms with van der Waals surface area (Å²) >= 11 is 5.23. The maximum absolute atomic E-state index is 5.70. The standard InChI is InChI=1S/C12H10BrN3S/c1-16-9(6-12(14)15-16)11-5-7-4-8(13)2-3-10(7)17-11/h2-6H,1H3,(H2,14,15). The van der Waals surface area contributed by atoms with Gasteiger partial charge in [0.1, 0.15) is 5.82 Å². The van der Waals surface area contributed by atoms with E-state index in [0.717, 1.165) is 10.2 Å². The van der Waals surface area contributed by atoms with Crippen LogP contribution >= 0.6 is 27.3 Å². The Balaban J connectivity index is 2.21. The number of benzene rings is 1. The van der Waals surface area contributed by atoms with Gasteiger partial charge in [-0.1, -0.05) is 15.9 Å². The molecule has 0 aliphatic rings. The Hall–Kier alpha value is -1.33. The fourth-order valence-electron chi connectivity index (χ4n) is 1.86. The predicted octanol–water partition coefficient (Wildman–Crippen LogP) is 3.65. The molecule has 0 saturated heterocycles. The van der Waals surface area contributed by atoms with Crippen molar-refractivity contribution >= 4 is 43.2 Å². The highest BCUT2D eigenvalue weighted by atomic mass is 79.9. The van der Waals surface area contributed by atoms with E-state index in [2.05, 4.69) is 45.3 Å². The molecule has 0 aliphatic heterocycles. The van der Waals surface area contributed by atoms with Gasteiger partial charge in [-0.25, -0.2) is 0 Å². The molecule has 0 spiro atoms. The minimum absolute atomic E-state index is 0.557. The Morgan fingerprint density at radius 1 is 1.29 bits per heavy atom. The second-order valence-corrected chi connectivity index (χ2v) is 5.87. The Labute approximate surface area is 111 Å². The lowest BCUT2D eigenvalue weighted by Crippen LogP contribution is -1.93. The average Bonchev–Trinajstić information content (AvgIpc) is 2.80. The molecule has 0 fully saturated rings. The van der Waals surface area contributed by atoms with E-state index in [1.54, 1.807) is 11.3 Å². The van der Waals surface area contributed by atoms with Crippen LogP contribution in [0.3, 0.4) is 0 Å². The van der Waals surface area contributed by atoms with E-state index in [0.29, 0.717) is 5.82 Å². The number of hydrogen-bond acceptors (Lipinski definition) is 3. The molecule has 3 nitrogen and oxygen atoms in total. The largest absolute Gasteiger partial charge is 0.382 e. The van der Waals surface area contributed by atoms with Crippen molar-refractivity contribution in [2.24, 2.45) is 7.05 Å². The summed E-state index contributed by atoms with van der Waals surface area (Å²) in [5, 5.41) is 5.40. The molecule has 0 radical (unpaired) electrons. The van der Waals surface area contributed by atoms with Crippen LogP contribution < -0.4 is 5.73 Å². The molecule has 17 heavy (non-hydrogen) atoms. The first kappa shape index (κ1) is 10.8. The van der Waals surface area contributed by atoms with Crippen molar-refractivity contribution in [2.75, 3.05) is 5.73 Å². The molecule has 2 aromatic heterocycles. The molecule has 3 rings (SSSR count). The van der Waals surface area contributed by atoms with Gasteiger partial charge in [0.25, 0.3) is 0 Å². The molecule has 2 N–H and O–H groups in total. The smallest absolute Gasteiger partial charge is 0.146 e. The third-order valence-electron chi connectivity index (χ3n) is 2.63. The minimum atomic E-state index is 0.557. The Kier molecular flexibility index (Phi) is 2.45. The molecular formula is C12H10BrN3S. The number of halogens is 1. The minimum Gasteiger partial charge on any atom is -0.382 e. The van der Waals surface area contributed by atoms with E-state index in [4.69, 9.17) is 5.73 Å². The van der Waals surface area contributed by atoms with Crippen molar-refractivity contribution < 1.29 is 0 Å². The first-order chi connectivity index (χ1) is 8.13. The van der Waals surface area contributed by atoms with Crippen molar-refractivity contribution in [3.8, 4) is 10.6 Å². The monoisotopic (exact) mass is 307 g/mol. The number of nitrogens with zero attached hydrogens (tertiary/aromatic N) is 2. The van der Waals surface area contributed by atoms with Crippen LogP contribution in [0, 0.1) is 0 Å². The molecular weight excluding hydrogens is 298 g/mol. The summed E-state index contributed by atoms with van der Waals surface area (Å²) in [6.45, 7) is 0. The topological polar surface area (TPSA) is 43.8 Å². The van der Waals surface area contributed by atoms with E-state index < -0.39 is 0 Å². The fraction of sp³-hybridized carbons (Fsp3) is 0.0833. The summed E-state index contributed by atoms with van der Waals surface area (Å²) in [5.74, 6) is 0.557. The molecule has 0 unspecified atom stereocenters. The average molecular weight is 308 g/mol. The maximum Gasteiger partial charge on any atom is 0.146 e. The number of anilines is 1. The zero-order valence-electron chi connectivity index (χ0n) is 9.14. The molecule has 86 valence electrons. The van der Waals surface area contributed by atoms with E-state index in [9.17, 15) is 0 Å². The van der Waals surface area contributed by atoms with Gasteiger partial charge in [-0.05, 0) is 29.7 Å². The SMILES string of the molecule is Cn1nc(N)cc1-c1cc2cc(Br)ccc2s1. The number of aryl methyl sites for hydroxylation is 1. The number of nitrogens with two attached hydrogens (primary N) is 1. The van der Waals surface area contributed by atoms with E-state index in [-0.39, 0.29) is 0 Å². The van der Waals surface area contributed by atoms with Gasteiger partial charge < -0.3 is 5.73 Å². The molecule has 5 heteroatoms. The van der Waals surface area contributed by atoms with Crippen molar-refractivity contribution in [1.82, 2.24) is 9.78 Å². The van der Waals surface area contributed by atoms with Crippen LogP contribution in [-0.2, 0) is 7.05 Å². The lowest BCUT2D eigenvalue weighted by Gasteiger charge is -1.95. The van der Waals surface area contributed by atoms with Gasteiger partial charge >= 0.3 is 0 Å². The van der Waals surface area contributed by atoms with Crippen LogP contribution in [0.5, 0.6) is 0 Å². The number of nitrogen functional groups attached to an aromatic ring is 1. The summed E-state index contributed by atoms with van der Waals surface area (Å²) in [6, 6.07) is 10.4. The van der Waals surface area contributed by atoms with Crippen LogP contribution in [0.1, 0.15) is 0 Å². The zero-order chi connectivity index (χ0) is 12.0. The lowest BCUT2D eigenvalue weighted by atomic mass is 10.2. The van der Waals surface area contributed by atoms with Crippen LogP contribution in [0.2, 0.25) is 0 Å². The quantitative estimate of drug-likeness (QED) is 0.746. The van der Waals surface area contributed by atoms with Gasteiger partial charge in [0.05, 0.1) is 10.6 Å². The molecule has 0 amide bonds. The summed E-state index contributed by atoms with van der Waals surface area (Å²) in [4.78, 5) is 1.19. The Bertz CT molecular complexity index is 699. The summed E-state index contributed by atoms with van der Waals surface area (Å²) in [7, 11) is 1.91. The molecule has 0 atom stereocenters. The van der Waals surface area contributed by atoms with Crippen molar-refractivity contribution in [1.29, 1.82) is 0 Å². The van der Waals surface area contributed by atoms with E-state index in [1.807, 2.05) is 17.8 Å².